The van der Waals surface area contributed by atoms with Crippen molar-refractivity contribution in [2.45, 2.75) is 90.5 Å². The van der Waals surface area contributed by atoms with Crippen molar-refractivity contribution in [3.8, 4) is 0 Å². The quantitative estimate of drug-likeness (QED) is 0.272. The molecule has 3 rings (SSSR count). The van der Waals surface area contributed by atoms with Crippen molar-refractivity contribution in [3.63, 3.8) is 0 Å². The Kier molecular flexibility index (Phi) is 11.1. The topological polar surface area (TPSA) is 40.6 Å². The van der Waals surface area contributed by atoms with Crippen LogP contribution in [0.15, 0.2) is 41.8 Å². The standard InChI is InChI=1S/C29H42N2O2S/c1-3-5-7-8-9-10-14-17-27(32)30(20-6-4-2)23-28(33)31-21-18-26-25(19-22-34-26)29(31)24-15-12-11-13-16-24/h11-13,15-16,19,22,29H,3-10,14,17-18,20-21,23H2,1-2H3/t29-/m0/s1. The summed E-state index contributed by atoms with van der Waals surface area (Å²) in [6, 6.07) is 12.4. The number of carbonyl (C=O) groups is 2. The van der Waals surface area contributed by atoms with E-state index in [1.165, 1.54) is 42.5 Å². The summed E-state index contributed by atoms with van der Waals surface area (Å²) in [5.74, 6) is 0.203. The maximum atomic E-state index is 13.6. The second kappa shape index (κ2) is 14.3. The third kappa shape index (κ3) is 7.43. The maximum absolute atomic E-state index is 13.6. The minimum atomic E-state index is -0.0602. The van der Waals surface area contributed by atoms with Gasteiger partial charge in [-0.3, -0.25) is 9.59 Å². The molecule has 2 heterocycles. The minimum absolute atomic E-state index is 0.0602. The first-order valence-corrected chi connectivity index (χ1v) is 14.2. The summed E-state index contributed by atoms with van der Waals surface area (Å²) >= 11 is 1.78. The molecule has 1 aromatic carbocycles. The van der Waals surface area contributed by atoms with Crippen LogP contribution in [0.4, 0.5) is 0 Å². The molecule has 0 saturated carbocycles. The number of benzene rings is 1. The average molecular weight is 483 g/mol. The van der Waals surface area contributed by atoms with Crippen LogP contribution in [0.1, 0.15) is 100 Å². The van der Waals surface area contributed by atoms with E-state index >= 15 is 0 Å². The van der Waals surface area contributed by atoms with Gasteiger partial charge < -0.3 is 9.80 Å². The van der Waals surface area contributed by atoms with E-state index in [1.807, 2.05) is 28.0 Å². The molecule has 2 amide bonds. The number of carbonyl (C=O) groups excluding carboxylic acids is 2. The molecule has 0 aliphatic carbocycles. The average Bonchev–Trinajstić information content (AvgIpc) is 3.34. The fourth-order valence-electron chi connectivity index (χ4n) is 4.87. The molecule has 0 saturated heterocycles. The van der Waals surface area contributed by atoms with Crippen LogP contribution in [0.5, 0.6) is 0 Å². The van der Waals surface area contributed by atoms with Crippen LogP contribution >= 0.6 is 11.3 Å². The normalized spacial score (nSPS) is 15.2. The van der Waals surface area contributed by atoms with E-state index in [4.69, 9.17) is 0 Å². The SMILES string of the molecule is CCCCCCCCCC(=O)N(CCCC)CC(=O)N1CCc2sccc2[C@@H]1c1ccccc1. The van der Waals surface area contributed by atoms with E-state index in [0.29, 0.717) is 19.5 Å². The Morgan fingerprint density at radius 2 is 1.65 bits per heavy atom. The maximum Gasteiger partial charge on any atom is 0.242 e. The summed E-state index contributed by atoms with van der Waals surface area (Å²) in [6.45, 7) is 5.94. The van der Waals surface area contributed by atoms with Gasteiger partial charge in [-0.1, -0.05) is 89.1 Å². The van der Waals surface area contributed by atoms with E-state index in [-0.39, 0.29) is 24.4 Å². The van der Waals surface area contributed by atoms with Gasteiger partial charge in [-0.05, 0) is 41.8 Å². The highest BCUT2D eigenvalue weighted by atomic mass is 32.1. The van der Waals surface area contributed by atoms with Crippen LogP contribution in [0, 0.1) is 0 Å². The summed E-state index contributed by atoms with van der Waals surface area (Å²) in [7, 11) is 0. The summed E-state index contributed by atoms with van der Waals surface area (Å²) in [5.41, 5.74) is 2.38. The Morgan fingerprint density at radius 3 is 2.38 bits per heavy atom. The predicted octanol–water partition coefficient (Wildman–Crippen LogP) is 6.99. The summed E-state index contributed by atoms with van der Waals surface area (Å²) in [4.78, 5) is 31.9. The molecule has 5 heteroatoms. The minimum Gasteiger partial charge on any atom is -0.333 e. The molecule has 0 bridgehead atoms. The number of amides is 2. The molecule has 2 aromatic rings. The van der Waals surface area contributed by atoms with Crippen molar-refractivity contribution in [3.05, 3.63) is 57.8 Å². The lowest BCUT2D eigenvalue weighted by atomic mass is 9.93. The van der Waals surface area contributed by atoms with Crippen LogP contribution < -0.4 is 0 Å². The van der Waals surface area contributed by atoms with Crippen molar-refractivity contribution in [1.29, 1.82) is 0 Å². The molecule has 4 nitrogen and oxygen atoms in total. The molecule has 0 N–H and O–H groups in total. The van der Waals surface area contributed by atoms with Crippen LogP contribution in [-0.4, -0.2) is 41.2 Å². The highest BCUT2D eigenvalue weighted by Crippen LogP contribution is 2.37. The zero-order chi connectivity index (χ0) is 24.2. The summed E-state index contributed by atoms with van der Waals surface area (Å²) < 4.78 is 0. The number of fused-ring (bicyclic) bond motifs is 1. The number of nitrogens with zero attached hydrogens (tertiary/aromatic N) is 2. The van der Waals surface area contributed by atoms with E-state index in [2.05, 4.69) is 37.4 Å². The summed E-state index contributed by atoms with van der Waals surface area (Å²) in [6.07, 6.45) is 11.8. The highest BCUT2D eigenvalue weighted by molar-refractivity contribution is 7.10. The lowest BCUT2D eigenvalue weighted by molar-refractivity contribution is -0.141. The molecular formula is C29H42N2O2S. The lowest BCUT2D eigenvalue weighted by Crippen LogP contribution is -2.47. The molecule has 34 heavy (non-hydrogen) atoms. The lowest BCUT2D eigenvalue weighted by Gasteiger charge is -2.37. The van der Waals surface area contributed by atoms with Crippen molar-refractivity contribution >= 4 is 23.2 Å². The Hall–Kier alpha value is -2.14. The van der Waals surface area contributed by atoms with Gasteiger partial charge >= 0.3 is 0 Å². The van der Waals surface area contributed by atoms with Crippen LogP contribution in [0.25, 0.3) is 0 Å². The molecule has 1 atom stereocenters. The van der Waals surface area contributed by atoms with Gasteiger partial charge in [0, 0.05) is 24.4 Å². The van der Waals surface area contributed by atoms with E-state index < -0.39 is 0 Å². The Bertz CT molecular complexity index is 879. The molecule has 0 radical (unpaired) electrons. The van der Waals surface area contributed by atoms with Gasteiger partial charge in [0.05, 0.1) is 12.6 Å². The number of thiophene rings is 1. The first kappa shape index (κ1) is 26.5. The molecule has 1 aliphatic rings. The van der Waals surface area contributed by atoms with Gasteiger partial charge in [0.15, 0.2) is 0 Å². The second-order valence-corrected chi connectivity index (χ2v) is 10.5. The number of unbranched alkanes of at least 4 members (excludes halogenated alkanes) is 7. The van der Waals surface area contributed by atoms with Crippen LogP contribution in [-0.2, 0) is 16.0 Å². The van der Waals surface area contributed by atoms with E-state index in [9.17, 15) is 9.59 Å². The molecule has 0 spiro atoms. The Morgan fingerprint density at radius 1 is 0.941 bits per heavy atom. The van der Waals surface area contributed by atoms with Gasteiger partial charge in [-0.15, -0.1) is 11.3 Å². The van der Waals surface area contributed by atoms with Crippen molar-refractivity contribution in [2.24, 2.45) is 0 Å². The fraction of sp³-hybridized carbons (Fsp3) is 0.586. The largest absolute Gasteiger partial charge is 0.333 e. The second-order valence-electron chi connectivity index (χ2n) is 9.49. The predicted molar refractivity (Wildman–Crippen MR) is 142 cm³/mol. The van der Waals surface area contributed by atoms with Crippen molar-refractivity contribution in [1.82, 2.24) is 9.80 Å². The van der Waals surface area contributed by atoms with Crippen molar-refractivity contribution in [2.75, 3.05) is 19.6 Å². The Balaban J connectivity index is 1.63. The number of hydrogen-bond acceptors (Lipinski definition) is 3. The van der Waals surface area contributed by atoms with Crippen LogP contribution in [0.3, 0.4) is 0 Å². The molecule has 1 aromatic heterocycles. The first-order valence-electron chi connectivity index (χ1n) is 13.3. The third-order valence-corrected chi connectivity index (χ3v) is 7.85. The van der Waals surface area contributed by atoms with Crippen LogP contribution in [0.2, 0.25) is 0 Å². The van der Waals surface area contributed by atoms with Gasteiger partial charge in [-0.25, -0.2) is 0 Å². The molecular weight excluding hydrogens is 440 g/mol. The Labute approximate surface area is 210 Å². The molecule has 0 unspecified atom stereocenters. The number of hydrogen-bond donors (Lipinski definition) is 0. The van der Waals surface area contributed by atoms with Gasteiger partial charge in [0.1, 0.15) is 0 Å². The zero-order valence-electron chi connectivity index (χ0n) is 21.1. The fourth-order valence-corrected chi connectivity index (χ4v) is 5.77. The van der Waals surface area contributed by atoms with E-state index in [1.54, 1.807) is 11.3 Å². The molecule has 0 fully saturated rings. The third-order valence-electron chi connectivity index (χ3n) is 6.86. The zero-order valence-corrected chi connectivity index (χ0v) is 22.0. The van der Waals surface area contributed by atoms with Gasteiger partial charge in [-0.2, -0.15) is 0 Å². The monoisotopic (exact) mass is 482 g/mol. The van der Waals surface area contributed by atoms with Gasteiger partial charge in [0.25, 0.3) is 0 Å². The highest BCUT2D eigenvalue weighted by Gasteiger charge is 2.33. The molecule has 186 valence electrons. The smallest absolute Gasteiger partial charge is 0.242 e. The number of rotatable bonds is 14. The molecule has 1 aliphatic heterocycles. The van der Waals surface area contributed by atoms with E-state index in [0.717, 1.165) is 37.7 Å². The van der Waals surface area contributed by atoms with Gasteiger partial charge in [0.2, 0.25) is 11.8 Å². The van der Waals surface area contributed by atoms with Crippen molar-refractivity contribution < 1.29 is 9.59 Å². The first-order chi connectivity index (χ1) is 16.7. The summed E-state index contributed by atoms with van der Waals surface area (Å²) in [5, 5.41) is 2.13.